The molecular weight excluding hydrogens is 404 g/mol. The molecule has 1 saturated heterocycles. The first kappa shape index (κ1) is 20.2. The van der Waals surface area contributed by atoms with Gasteiger partial charge in [0.15, 0.2) is 0 Å². The number of hydrogen-bond acceptors (Lipinski definition) is 4. The maximum absolute atomic E-state index is 12.3. The summed E-state index contributed by atoms with van der Waals surface area (Å²) in [6.45, 7) is 1.76. The lowest BCUT2D eigenvalue weighted by molar-refractivity contribution is -0.139. The summed E-state index contributed by atoms with van der Waals surface area (Å²) in [4.78, 5) is 39.3. The molecule has 2 rings (SSSR count). The third-order valence-corrected chi connectivity index (χ3v) is 4.41. The number of halogens is 1. The van der Waals surface area contributed by atoms with Crippen LogP contribution in [0.3, 0.4) is 0 Å². The first-order valence-corrected chi connectivity index (χ1v) is 9.14. The van der Waals surface area contributed by atoms with Gasteiger partial charge in [0.2, 0.25) is 11.8 Å². The number of amides is 4. The van der Waals surface area contributed by atoms with Gasteiger partial charge in [0.1, 0.15) is 6.54 Å². The zero-order valence-corrected chi connectivity index (χ0v) is 16.3. The predicted octanol–water partition coefficient (Wildman–Crippen LogP) is 1.28. The number of urea groups is 1. The van der Waals surface area contributed by atoms with Crippen molar-refractivity contribution < 1.29 is 19.1 Å². The maximum Gasteiger partial charge on any atom is 0.322 e. The summed E-state index contributed by atoms with van der Waals surface area (Å²) in [6, 6.07) is 6.86. The van der Waals surface area contributed by atoms with Gasteiger partial charge in [-0.15, -0.1) is 0 Å². The number of hydrogen-bond donors (Lipinski definition) is 2. The van der Waals surface area contributed by atoms with E-state index in [2.05, 4.69) is 26.6 Å². The zero-order chi connectivity index (χ0) is 18.9. The van der Waals surface area contributed by atoms with Crippen LogP contribution in [0.2, 0.25) is 0 Å². The van der Waals surface area contributed by atoms with Crippen molar-refractivity contribution in [3.63, 3.8) is 0 Å². The van der Waals surface area contributed by atoms with E-state index in [0.29, 0.717) is 31.9 Å². The first-order valence-electron chi connectivity index (χ1n) is 8.34. The summed E-state index contributed by atoms with van der Waals surface area (Å²) in [5.41, 5.74) is 0.656. The maximum atomic E-state index is 12.3. The minimum Gasteiger partial charge on any atom is -0.385 e. The standard InChI is InChI=1S/C17H23BrN4O4/c1-26-10-2-7-19-15(23)11-21-8-9-22(12-16(21)24)17(25)20-14-5-3-13(18)4-6-14/h3-6H,2,7-12H2,1H3,(H,19,23)(H,20,25). The van der Waals surface area contributed by atoms with E-state index in [0.717, 1.165) is 10.9 Å². The van der Waals surface area contributed by atoms with Crippen LogP contribution in [-0.4, -0.2) is 74.1 Å². The monoisotopic (exact) mass is 426 g/mol. The summed E-state index contributed by atoms with van der Waals surface area (Å²) in [5.74, 6) is -0.448. The Hall–Kier alpha value is -2.13. The fourth-order valence-corrected chi connectivity index (χ4v) is 2.72. The summed E-state index contributed by atoms with van der Waals surface area (Å²) >= 11 is 3.33. The van der Waals surface area contributed by atoms with E-state index in [9.17, 15) is 14.4 Å². The number of ether oxygens (including phenoxy) is 1. The van der Waals surface area contributed by atoms with Gasteiger partial charge in [0, 0.05) is 43.5 Å². The topological polar surface area (TPSA) is 91.0 Å². The van der Waals surface area contributed by atoms with Gasteiger partial charge in [-0.25, -0.2) is 4.79 Å². The van der Waals surface area contributed by atoms with Crippen LogP contribution in [0.1, 0.15) is 6.42 Å². The second kappa shape index (κ2) is 10.1. The Bertz CT molecular complexity index is 638. The highest BCUT2D eigenvalue weighted by Crippen LogP contribution is 2.15. The van der Waals surface area contributed by atoms with E-state index in [4.69, 9.17) is 4.74 Å². The van der Waals surface area contributed by atoms with E-state index < -0.39 is 0 Å². The van der Waals surface area contributed by atoms with E-state index in [1.165, 1.54) is 9.80 Å². The third-order valence-electron chi connectivity index (χ3n) is 3.88. The van der Waals surface area contributed by atoms with Crippen LogP contribution in [0.4, 0.5) is 10.5 Å². The Morgan fingerprint density at radius 3 is 2.62 bits per heavy atom. The molecule has 1 aromatic rings. The van der Waals surface area contributed by atoms with Crippen molar-refractivity contribution >= 4 is 39.5 Å². The number of nitrogens with zero attached hydrogens (tertiary/aromatic N) is 2. The molecule has 1 heterocycles. The van der Waals surface area contributed by atoms with Crippen LogP contribution in [0, 0.1) is 0 Å². The average molecular weight is 427 g/mol. The molecule has 0 saturated carbocycles. The Morgan fingerprint density at radius 1 is 1.23 bits per heavy atom. The number of piperazine rings is 1. The summed E-state index contributed by atoms with van der Waals surface area (Å²) in [6.07, 6.45) is 0.722. The minimum atomic E-state index is -0.329. The van der Waals surface area contributed by atoms with Gasteiger partial charge in [-0.3, -0.25) is 9.59 Å². The highest BCUT2D eigenvalue weighted by atomic mass is 79.9. The molecule has 2 N–H and O–H groups in total. The van der Waals surface area contributed by atoms with Crippen LogP contribution < -0.4 is 10.6 Å². The molecule has 0 bridgehead atoms. The molecule has 0 spiro atoms. The van der Waals surface area contributed by atoms with Gasteiger partial charge in [0.25, 0.3) is 0 Å². The Morgan fingerprint density at radius 2 is 1.96 bits per heavy atom. The van der Waals surface area contributed by atoms with Crippen LogP contribution >= 0.6 is 15.9 Å². The quantitative estimate of drug-likeness (QED) is 0.642. The molecule has 142 valence electrons. The molecule has 0 aliphatic carbocycles. The number of carbonyl (C=O) groups is 3. The molecule has 26 heavy (non-hydrogen) atoms. The van der Waals surface area contributed by atoms with Gasteiger partial charge in [-0.2, -0.15) is 0 Å². The molecule has 8 nitrogen and oxygen atoms in total. The van der Waals surface area contributed by atoms with Crippen molar-refractivity contribution in [3.05, 3.63) is 28.7 Å². The largest absolute Gasteiger partial charge is 0.385 e. The summed E-state index contributed by atoms with van der Waals surface area (Å²) < 4.78 is 5.83. The van der Waals surface area contributed by atoms with Crippen molar-refractivity contribution in [2.45, 2.75) is 6.42 Å². The summed E-state index contributed by atoms with van der Waals surface area (Å²) in [5, 5.41) is 5.51. The number of rotatable bonds is 7. The van der Waals surface area contributed by atoms with Crippen LogP contribution in [-0.2, 0) is 14.3 Å². The molecule has 0 aromatic heterocycles. The number of nitrogens with one attached hydrogen (secondary N) is 2. The normalized spacial score (nSPS) is 14.3. The molecular formula is C17H23BrN4O4. The molecule has 0 radical (unpaired) electrons. The number of anilines is 1. The lowest BCUT2D eigenvalue weighted by atomic mass is 10.3. The van der Waals surface area contributed by atoms with Gasteiger partial charge < -0.3 is 25.2 Å². The second-order valence-electron chi connectivity index (χ2n) is 5.87. The number of methoxy groups -OCH3 is 1. The smallest absolute Gasteiger partial charge is 0.322 e. The van der Waals surface area contributed by atoms with Crippen molar-refractivity contribution in [2.75, 3.05) is 51.8 Å². The van der Waals surface area contributed by atoms with Crippen molar-refractivity contribution in [3.8, 4) is 0 Å². The van der Waals surface area contributed by atoms with Gasteiger partial charge in [0.05, 0.1) is 6.54 Å². The Labute approximate surface area is 161 Å². The lowest BCUT2D eigenvalue weighted by Crippen LogP contribution is -2.55. The van der Waals surface area contributed by atoms with Gasteiger partial charge in [-0.1, -0.05) is 15.9 Å². The van der Waals surface area contributed by atoms with Crippen molar-refractivity contribution in [1.29, 1.82) is 0 Å². The SMILES string of the molecule is COCCCNC(=O)CN1CCN(C(=O)Nc2ccc(Br)cc2)CC1=O. The van der Waals surface area contributed by atoms with Gasteiger partial charge >= 0.3 is 6.03 Å². The molecule has 1 fully saturated rings. The molecule has 1 aromatic carbocycles. The molecule has 1 aliphatic rings. The van der Waals surface area contributed by atoms with Crippen LogP contribution in [0.5, 0.6) is 0 Å². The molecule has 0 atom stereocenters. The number of benzene rings is 1. The van der Waals surface area contributed by atoms with Gasteiger partial charge in [-0.05, 0) is 30.7 Å². The molecule has 0 unspecified atom stereocenters. The van der Waals surface area contributed by atoms with E-state index in [-0.39, 0.29) is 30.9 Å². The average Bonchev–Trinajstić information content (AvgIpc) is 2.62. The first-order chi connectivity index (χ1) is 12.5. The van der Waals surface area contributed by atoms with E-state index in [1.54, 1.807) is 19.2 Å². The van der Waals surface area contributed by atoms with E-state index in [1.807, 2.05) is 12.1 Å². The van der Waals surface area contributed by atoms with Crippen molar-refractivity contribution in [2.24, 2.45) is 0 Å². The molecule has 1 aliphatic heterocycles. The number of carbonyl (C=O) groups excluding carboxylic acids is 3. The molecule has 9 heteroatoms. The van der Waals surface area contributed by atoms with Crippen LogP contribution in [0.25, 0.3) is 0 Å². The fourth-order valence-electron chi connectivity index (χ4n) is 2.46. The molecule has 4 amide bonds. The summed E-state index contributed by atoms with van der Waals surface area (Å²) in [7, 11) is 1.60. The minimum absolute atomic E-state index is 0.00792. The Balaban J connectivity index is 1.76. The van der Waals surface area contributed by atoms with Crippen LogP contribution in [0.15, 0.2) is 28.7 Å². The fraction of sp³-hybridized carbons (Fsp3) is 0.471. The lowest BCUT2D eigenvalue weighted by Gasteiger charge is -2.33. The predicted molar refractivity (Wildman–Crippen MR) is 101 cm³/mol. The van der Waals surface area contributed by atoms with E-state index >= 15 is 0 Å². The highest BCUT2D eigenvalue weighted by Gasteiger charge is 2.28. The highest BCUT2D eigenvalue weighted by molar-refractivity contribution is 9.10. The third kappa shape index (κ3) is 6.30. The Kier molecular flexibility index (Phi) is 7.86. The second-order valence-corrected chi connectivity index (χ2v) is 6.79. The zero-order valence-electron chi connectivity index (χ0n) is 14.7. The van der Waals surface area contributed by atoms with Crippen molar-refractivity contribution in [1.82, 2.24) is 15.1 Å².